The minimum atomic E-state index is -0.0610. The summed E-state index contributed by atoms with van der Waals surface area (Å²) >= 11 is 0. The summed E-state index contributed by atoms with van der Waals surface area (Å²) < 4.78 is 6.07. The van der Waals surface area contributed by atoms with E-state index in [1.807, 2.05) is 0 Å². The molecule has 1 fully saturated rings. The van der Waals surface area contributed by atoms with Gasteiger partial charge in [0.15, 0.2) is 0 Å². The van der Waals surface area contributed by atoms with Crippen LogP contribution in [0.4, 0.5) is 0 Å². The van der Waals surface area contributed by atoms with Gasteiger partial charge < -0.3 is 10.1 Å². The number of ether oxygens (including phenoxy) is 1. The van der Waals surface area contributed by atoms with E-state index in [9.17, 15) is 0 Å². The lowest BCUT2D eigenvalue weighted by molar-refractivity contribution is -0.0124. The minimum Gasteiger partial charge on any atom is -0.373 e. The van der Waals surface area contributed by atoms with Crippen LogP contribution >= 0.6 is 0 Å². The van der Waals surface area contributed by atoms with Crippen LogP contribution in [0.15, 0.2) is 24.3 Å². The highest BCUT2D eigenvalue weighted by Crippen LogP contribution is 2.37. The predicted molar refractivity (Wildman–Crippen MR) is 85.2 cm³/mol. The van der Waals surface area contributed by atoms with Gasteiger partial charge in [-0.2, -0.15) is 0 Å². The molecule has 0 amide bonds. The van der Waals surface area contributed by atoms with Crippen molar-refractivity contribution in [3.8, 4) is 0 Å². The summed E-state index contributed by atoms with van der Waals surface area (Å²) in [6.45, 7) is 10.9. The van der Waals surface area contributed by atoms with Crippen molar-refractivity contribution in [3.05, 3.63) is 35.4 Å². The molecule has 0 spiro atoms. The normalized spacial score (nSPS) is 24.2. The van der Waals surface area contributed by atoms with Crippen LogP contribution < -0.4 is 5.32 Å². The van der Waals surface area contributed by atoms with Crippen LogP contribution in [0.3, 0.4) is 0 Å². The Morgan fingerprint density at radius 2 is 1.85 bits per heavy atom. The van der Waals surface area contributed by atoms with Gasteiger partial charge in [0.2, 0.25) is 0 Å². The molecule has 0 radical (unpaired) electrons. The van der Waals surface area contributed by atoms with Crippen molar-refractivity contribution in [2.45, 2.75) is 64.5 Å². The first-order valence-corrected chi connectivity index (χ1v) is 8.04. The van der Waals surface area contributed by atoms with Gasteiger partial charge in [-0.25, -0.2) is 0 Å². The van der Waals surface area contributed by atoms with Crippen molar-refractivity contribution in [3.63, 3.8) is 0 Å². The van der Waals surface area contributed by atoms with Crippen LogP contribution in [-0.2, 0) is 4.74 Å². The lowest BCUT2D eigenvalue weighted by Gasteiger charge is -2.34. The smallest absolute Gasteiger partial charge is 0.0849 e. The Morgan fingerprint density at radius 3 is 2.35 bits per heavy atom. The van der Waals surface area contributed by atoms with Crippen molar-refractivity contribution >= 4 is 0 Å². The summed E-state index contributed by atoms with van der Waals surface area (Å²) in [5.41, 5.74) is 2.70. The first kappa shape index (κ1) is 15.5. The van der Waals surface area contributed by atoms with Crippen molar-refractivity contribution < 1.29 is 4.74 Å². The molecule has 1 N–H and O–H groups in total. The van der Waals surface area contributed by atoms with Crippen LogP contribution in [0.1, 0.15) is 70.0 Å². The first-order chi connectivity index (χ1) is 9.57. The van der Waals surface area contributed by atoms with Crippen LogP contribution in [0, 0.1) is 0 Å². The first-order valence-electron chi connectivity index (χ1n) is 8.04. The van der Waals surface area contributed by atoms with Gasteiger partial charge in [0, 0.05) is 6.61 Å². The van der Waals surface area contributed by atoms with E-state index in [4.69, 9.17) is 4.74 Å². The van der Waals surface area contributed by atoms with Crippen molar-refractivity contribution in [1.29, 1.82) is 0 Å². The standard InChI is InChI=1S/C18H29NO/c1-5-12-19-17(18(4)11-6-13-20-18)16-9-7-15(8-10-16)14(2)3/h7-10,14,17,19H,5-6,11-13H2,1-4H3. The van der Waals surface area contributed by atoms with E-state index >= 15 is 0 Å². The molecule has 2 rings (SSSR count). The second-order valence-corrected chi connectivity index (χ2v) is 6.47. The van der Waals surface area contributed by atoms with Gasteiger partial charge in [-0.15, -0.1) is 0 Å². The van der Waals surface area contributed by atoms with E-state index in [0.29, 0.717) is 12.0 Å². The SMILES string of the molecule is CCCNC(c1ccc(C(C)C)cc1)C1(C)CCCO1. The molecule has 112 valence electrons. The van der Waals surface area contributed by atoms with Gasteiger partial charge in [0.1, 0.15) is 0 Å². The minimum absolute atomic E-state index is 0.0610. The molecule has 1 saturated heterocycles. The zero-order valence-corrected chi connectivity index (χ0v) is 13.4. The van der Waals surface area contributed by atoms with E-state index in [-0.39, 0.29) is 5.60 Å². The lowest BCUT2D eigenvalue weighted by atomic mass is 9.86. The second kappa shape index (κ2) is 6.73. The molecule has 0 aliphatic carbocycles. The summed E-state index contributed by atoms with van der Waals surface area (Å²) in [6.07, 6.45) is 3.46. The molecule has 1 aliphatic rings. The number of benzene rings is 1. The Morgan fingerprint density at radius 1 is 1.20 bits per heavy atom. The molecule has 0 aromatic heterocycles. The summed E-state index contributed by atoms with van der Waals surface area (Å²) in [4.78, 5) is 0. The van der Waals surface area contributed by atoms with Crippen LogP contribution in [0.25, 0.3) is 0 Å². The topological polar surface area (TPSA) is 21.3 Å². The third-order valence-corrected chi connectivity index (χ3v) is 4.39. The molecular formula is C18H29NO. The zero-order valence-electron chi connectivity index (χ0n) is 13.4. The summed E-state index contributed by atoms with van der Waals surface area (Å²) in [5, 5.41) is 3.69. The van der Waals surface area contributed by atoms with E-state index in [2.05, 4.69) is 57.3 Å². The number of nitrogens with one attached hydrogen (secondary N) is 1. The highest BCUT2D eigenvalue weighted by Gasteiger charge is 2.38. The molecule has 1 heterocycles. The molecule has 1 aromatic carbocycles. The summed E-state index contributed by atoms with van der Waals surface area (Å²) in [5.74, 6) is 0.587. The monoisotopic (exact) mass is 275 g/mol. The van der Waals surface area contributed by atoms with E-state index in [1.54, 1.807) is 0 Å². The molecule has 2 unspecified atom stereocenters. The van der Waals surface area contributed by atoms with Gasteiger partial charge in [0.25, 0.3) is 0 Å². The van der Waals surface area contributed by atoms with Crippen LogP contribution in [0.2, 0.25) is 0 Å². The Hall–Kier alpha value is -0.860. The Balaban J connectivity index is 2.21. The average Bonchev–Trinajstić information content (AvgIpc) is 2.87. The molecule has 20 heavy (non-hydrogen) atoms. The fourth-order valence-corrected chi connectivity index (χ4v) is 3.08. The molecular weight excluding hydrogens is 246 g/mol. The van der Waals surface area contributed by atoms with Crippen molar-refractivity contribution in [1.82, 2.24) is 5.32 Å². The quantitative estimate of drug-likeness (QED) is 0.830. The predicted octanol–water partition coefficient (Wildman–Crippen LogP) is 4.42. The number of hydrogen-bond donors (Lipinski definition) is 1. The third-order valence-electron chi connectivity index (χ3n) is 4.39. The maximum atomic E-state index is 6.07. The lowest BCUT2D eigenvalue weighted by Crippen LogP contribution is -2.41. The molecule has 2 nitrogen and oxygen atoms in total. The van der Waals surface area contributed by atoms with Gasteiger partial charge in [0.05, 0.1) is 11.6 Å². The molecule has 2 atom stereocenters. The highest BCUT2D eigenvalue weighted by molar-refractivity contribution is 5.28. The maximum Gasteiger partial charge on any atom is 0.0849 e. The van der Waals surface area contributed by atoms with E-state index in [1.165, 1.54) is 17.5 Å². The van der Waals surface area contributed by atoms with Gasteiger partial charge in [-0.05, 0) is 49.8 Å². The summed E-state index contributed by atoms with van der Waals surface area (Å²) in [6, 6.07) is 9.37. The highest BCUT2D eigenvalue weighted by atomic mass is 16.5. The zero-order chi connectivity index (χ0) is 14.6. The largest absolute Gasteiger partial charge is 0.373 e. The van der Waals surface area contributed by atoms with E-state index < -0.39 is 0 Å². The maximum absolute atomic E-state index is 6.07. The molecule has 0 bridgehead atoms. The van der Waals surface area contributed by atoms with Crippen LogP contribution in [0.5, 0.6) is 0 Å². The fraction of sp³-hybridized carbons (Fsp3) is 0.667. The van der Waals surface area contributed by atoms with E-state index in [0.717, 1.165) is 26.0 Å². The average molecular weight is 275 g/mol. The Bertz CT molecular complexity index is 404. The van der Waals surface area contributed by atoms with Crippen molar-refractivity contribution in [2.24, 2.45) is 0 Å². The van der Waals surface area contributed by atoms with Gasteiger partial charge >= 0.3 is 0 Å². The third kappa shape index (κ3) is 3.42. The fourth-order valence-electron chi connectivity index (χ4n) is 3.08. The molecule has 0 saturated carbocycles. The van der Waals surface area contributed by atoms with Gasteiger partial charge in [-0.3, -0.25) is 0 Å². The molecule has 2 heteroatoms. The Labute approximate surface area is 123 Å². The number of rotatable bonds is 6. The molecule has 1 aromatic rings. The Kier molecular flexibility index (Phi) is 5.22. The second-order valence-electron chi connectivity index (χ2n) is 6.47. The molecule has 1 aliphatic heterocycles. The summed E-state index contributed by atoms with van der Waals surface area (Å²) in [7, 11) is 0. The van der Waals surface area contributed by atoms with Crippen LogP contribution in [-0.4, -0.2) is 18.8 Å². The number of hydrogen-bond acceptors (Lipinski definition) is 2. The van der Waals surface area contributed by atoms with Gasteiger partial charge in [-0.1, -0.05) is 45.0 Å². The van der Waals surface area contributed by atoms with Crippen molar-refractivity contribution in [2.75, 3.05) is 13.2 Å².